The molecule has 0 aromatic heterocycles. The second-order valence-electron chi connectivity index (χ2n) is 7.70. The lowest BCUT2D eigenvalue weighted by molar-refractivity contribution is -0.139. The number of nitrogens with two attached hydrogens (primary N) is 4. The Balaban J connectivity index is 0.000000510. The number of carboxylic acid groups (broad SMARTS) is 3. The topological polar surface area (TPSA) is 252 Å². The molecule has 0 amide bonds. The fraction of sp³-hybridized carbons (Fsp3) is 0.333. The van der Waals surface area contributed by atoms with Crippen LogP contribution in [0.3, 0.4) is 0 Å². The minimum absolute atomic E-state index is 0.112. The summed E-state index contributed by atoms with van der Waals surface area (Å²) in [6.45, 7) is 0.482. The molecule has 0 aliphatic rings. The highest BCUT2D eigenvalue weighted by atomic mass is 16.4. The third kappa shape index (κ3) is 16.6. The van der Waals surface area contributed by atoms with E-state index < -0.39 is 36.0 Å². The fourth-order valence-electron chi connectivity index (χ4n) is 2.58. The highest BCUT2D eigenvalue weighted by Gasteiger charge is 2.12. The number of hydrogen-bond acceptors (Lipinski definition) is 7. The first-order valence-electron chi connectivity index (χ1n) is 11.0. The zero-order valence-electron chi connectivity index (χ0n) is 19.9. The highest BCUT2D eigenvalue weighted by molar-refractivity contribution is 5.74. The number of guanidine groups is 1. The smallest absolute Gasteiger partial charge is 0.320 e. The number of nitrogens with one attached hydrogen (secondary N) is 2. The van der Waals surface area contributed by atoms with Crippen LogP contribution in [0, 0.1) is 5.41 Å². The van der Waals surface area contributed by atoms with Crippen LogP contribution in [0.1, 0.15) is 24.0 Å². The van der Waals surface area contributed by atoms with Crippen LogP contribution in [-0.4, -0.2) is 63.9 Å². The molecule has 198 valence electrons. The predicted molar refractivity (Wildman–Crippen MR) is 136 cm³/mol. The van der Waals surface area contributed by atoms with Crippen LogP contribution < -0.4 is 28.3 Å². The van der Waals surface area contributed by atoms with Gasteiger partial charge in [-0.15, -0.1) is 0 Å². The number of rotatable bonds is 11. The van der Waals surface area contributed by atoms with Gasteiger partial charge in [-0.3, -0.25) is 19.8 Å². The Morgan fingerprint density at radius 1 is 0.722 bits per heavy atom. The van der Waals surface area contributed by atoms with Crippen LogP contribution in [0.5, 0.6) is 0 Å². The molecule has 0 spiro atoms. The van der Waals surface area contributed by atoms with Crippen LogP contribution in [0.4, 0.5) is 0 Å². The first-order valence-corrected chi connectivity index (χ1v) is 11.0. The van der Waals surface area contributed by atoms with E-state index >= 15 is 0 Å². The maximum absolute atomic E-state index is 10.4. The second kappa shape index (κ2) is 18.3. The first-order chi connectivity index (χ1) is 16.9. The van der Waals surface area contributed by atoms with Gasteiger partial charge in [-0.25, -0.2) is 0 Å². The molecule has 0 aliphatic heterocycles. The Bertz CT molecular complexity index is 872. The van der Waals surface area contributed by atoms with Gasteiger partial charge in [0.05, 0.1) is 0 Å². The maximum atomic E-state index is 10.4. The summed E-state index contributed by atoms with van der Waals surface area (Å²) in [4.78, 5) is 31.0. The first kappa shape index (κ1) is 32.0. The van der Waals surface area contributed by atoms with Crippen LogP contribution in [0.2, 0.25) is 0 Å². The van der Waals surface area contributed by atoms with Crippen molar-refractivity contribution in [3.63, 3.8) is 0 Å². The third-order valence-corrected chi connectivity index (χ3v) is 4.56. The lowest BCUT2D eigenvalue weighted by Gasteiger charge is -2.06. The Labute approximate surface area is 209 Å². The van der Waals surface area contributed by atoms with E-state index in [1.54, 1.807) is 0 Å². The van der Waals surface area contributed by atoms with Gasteiger partial charge < -0.3 is 43.6 Å². The van der Waals surface area contributed by atoms with Gasteiger partial charge in [-0.2, -0.15) is 0 Å². The Morgan fingerprint density at radius 3 is 1.39 bits per heavy atom. The molecule has 0 aliphatic carbocycles. The van der Waals surface area contributed by atoms with Gasteiger partial charge in [-0.05, 0) is 36.8 Å². The Kier molecular flexibility index (Phi) is 16.3. The zero-order chi connectivity index (χ0) is 27.5. The van der Waals surface area contributed by atoms with Crippen molar-refractivity contribution in [3.8, 4) is 0 Å². The molecule has 2 rings (SSSR count). The molecule has 0 saturated heterocycles. The predicted octanol–water partition coefficient (Wildman–Crippen LogP) is -0.0564. The molecule has 2 aromatic carbocycles. The van der Waals surface area contributed by atoms with Gasteiger partial charge >= 0.3 is 17.9 Å². The molecule has 0 bridgehead atoms. The van der Waals surface area contributed by atoms with E-state index in [1.165, 1.54) is 0 Å². The molecule has 13 N–H and O–H groups in total. The van der Waals surface area contributed by atoms with E-state index in [2.05, 4.69) is 5.32 Å². The summed E-state index contributed by atoms with van der Waals surface area (Å²) in [5.41, 5.74) is 22.8. The Morgan fingerprint density at radius 2 is 1.08 bits per heavy atom. The quantitative estimate of drug-likeness (QED) is 0.111. The van der Waals surface area contributed by atoms with Gasteiger partial charge in [-0.1, -0.05) is 60.7 Å². The normalized spacial score (nSPS) is 12.3. The number of carboxylic acids is 3. The van der Waals surface area contributed by atoms with E-state index in [-0.39, 0.29) is 5.96 Å². The van der Waals surface area contributed by atoms with Gasteiger partial charge in [0.25, 0.3) is 0 Å². The van der Waals surface area contributed by atoms with Gasteiger partial charge in [0.15, 0.2) is 5.96 Å². The van der Waals surface area contributed by atoms with Gasteiger partial charge in [0, 0.05) is 6.54 Å². The van der Waals surface area contributed by atoms with Crippen molar-refractivity contribution < 1.29 is 29.7 Å². The molecule has 2 aromatic rings. The third-order valence-electron chi connectivity index (χ3n) is 4.56. The minimum atomic E-state index is -1.00. The molecular weight excluding hydrogens is 468 g/mol. The number of aliphatic carboxylic acids is 3. The SMILES string of the molecule is N=C(N)NCCC[C@H](N)C(=O)O.N[C@@H](Cc1ccccc1)C(=O)O.N[C@H](Cc1ccccc1)C(=O)O. The summed E-state index contributed by atoms with van der Waals surface area (Å²) >= 11 is 0. The second-order valence-corrected chi connectivity index (χ2v) is 7.70. The monoisotopic (exact) mass is 504 g/mol. The largest absolute Gasteiger partial charge is 0.480 e. The summed E-state index contributed by atoms with van der Waals surface area (Å²) in [5, 5.41) is 34.8. The standard InChI is InChI=1S/2C9H11NO2.C6H14N4O2/c2*10-8(9(11)12)6-7-4-2-1-3-5-7;7-4(5(11)12)2-1-3-10-6(8)9/h2*1-5,8H,6,10H2,(H,11,12);4H,1-3,7H2,(H,11,12)(H4,8,9,10)/t2*8-;4-/m100/s1. The van der Waals surface area contributed by atoms with E-state index in [0.717, 1.165) is 11.1 Å². The maximum Gasteiger partial charge on any atom is 0.320 e. The lowest BCUT2D eigenvalue weighted by atomic mass is 10.1. The number of hydrogen-bond donors (Lipinski definition) is 9. The van der Waals surface area contributed by atoms with Crippen molar-refractivity contribution >= 4 is 23.9 Å². The van der Waals surface area contributed by atoms with Crippen LogP contribution in [0.25, 0.3) is 0 Å². The molecule has 0 radical (unpaired) electrons. The molecule has 0 unspecified atom stereocenters. The van der Waals surface area contributed by atoms with Crippen molar-refractivity contribution in [2.24, 2.45) is 22.9 Å². The molecule has 12 nitrogen and oxygen atoms in total. The molecular formula is C24H36N6O6. The summed E-state index contributed by atoms with van der Waals surface area (Å²) in [7, 11) is 0. The molecule has 0 fully saturated rings. The fourth-order valence-corrected chi connectivity index (χ4v) is 2.58. The molecule has 0 saturated carbocycles. The molecule has 0 heterocycles. The minimum Gasteiger partial charge on any atom is -0.480 e. The summed E-state index contributed by atoms with van der Waals surface area (Å²) in [6.07, 6.45) is 1.75. The van der Waals surface area contributed by atoms with E-state index in [1.807, 2.05) is 60.7 Å². The van der Waals surface area contributed by atoms with Crippen LogP contribution in [-0.2, 0) is 27.2 Å². The molecule has 3 atom stereocenters. The van der Waals surface area contributed by atoms with Crippen molar-refractivity contribution in [1.82, 2.24) is 5.32 Å². The average Bonchev–Trinajstić information content (AvgIpc) is 2.83. The summed E-state index contributed by atoms with van der Waals surface area (Å²) in [5.74, 6) is -3.03. The van der Waals surface area contributed by atoms with Crippen molar-refractivity contribution in [3.05, 3.63) is 71.8 Å². The van der Waals surface area contributed by atoms with Crippen molar-refractivity contribution in [2.75, 3.05) is 6.54 Å². The highest BCUT2D eigenvalue weighted by Crippen LogP contribution is 2.02. The Hall–Kier alpha value is -4.00. The molecule has 12 heteroatoms. The lowest BCUT2D eigenvalue weighted by Crippen LogP contribution is -2.34. The van der Waals surface area contributed by atoms with E-state index in [4.69, 9.17) is 43.7 Å². The average molecular weight is 505 g/mol. The van der Waals surface area contributed by atoms with Gasteiger partial charge in [0.2, 0.25) is 0 Å². The number of carbonyl (C=O) groups is 3. The summed E-state index contributed by atoms with van der Waals surface area (Å²) < 4.78 is 0. The number of benzene rings is 2. The van der Waals surface area contributed by atoms with E-state index in [9.17, 15) is 14.4 Å². The summed E-state index contributed by atoms with van der Waals surface area (Å²) in [6, 6.07) is 16.3. The van der Waals surface area contributed by atoms with Crippen LogP contribution >= 0.6 is 0 Å². The van der Waals surface area contributed by atoms with Gasteiger partial charge in [0.1, 0.15) is 18.1 Å². The zero-order valence-corrected chi connectivity index (χ0v) is 19.9. The van der Waals surface area contributed by atoms with E-state index in [0.29, 0.717) is 32.2 Å². The van der Waals surface area contributed by atoms with Crippen molar-refractivity contribution in [1.29, 1.82) is 5.41 Å². The van der Waals surface area contributed by atoms with Crippen LogP contribution in [0.15, 0.2) is 60.7 Å². The van der Waals surface area contributed by atoms with Crippen molar-refractivity contribution in [2.45, 2.75) is 43.8 Å². The molecule has 36 heavy (non-hydrogen) atoms.